The summed E-state index contributed by atoms with van der Waals surface area (Å²) < 4.78 is 38.0. The number of halogens is 3. The topological polar surface area (TPSA) is 12.0 Å². The summed E-state index contributed by atoms with van der Waals surface area (Å²) in [5, 5.41) is 3.21. The third-order valence-electron chi connectivity index (χ3n) is 4.01. The summed E-state index contributed by atoms with van der Waals surface area (Å²) in [7, 11) is 0. The van der Waals surface area contributed by atoms with Gasteiger partial charge < -0.3 is 5.32 Å². The van der Waals surface area contributed by atoms with E-state index in [-0.39, 0.29) is 5.92 Å². The highest BCUT2D eigenvalue weighted by Gasteiger charge is 2.36. The van der Waals surface area contributed by atoms with E-state index in [1.165, 1.54) is 12.5 Å². The van der Waals surface area contributed by atoms with Gasteiger partial charge in [0.05, 0.1) is 5.56 Å². The SMILES string of the molecule is FC(F)(F)c1ccc2c(c1)C(C1CCC1)CN2. The van der Waals surface area contributed by atoms with Crippen molar-refractivity contribution in [3.8, 4) is 0 Å². The Labute approximate surface area is 98.0 Å². The van der Waals surface area contributed by atoms with Crippen molar-refractivity contribution >= 4 is 5.69 Å². The first-order valence-electron chi connectivity index (χ1n) is 6.01. The van der Waals surface area contributed by atoms with Gasteiger partial charge >= 0.3 is 6.18 Å². The van der Waals surface area contributed by atoms with E-state index >= 15 is 0 Å². The van der Waals surface area contributed by atoms with Crippen molar-refractivity contribution < 1.29 is 13.2 Å². The maximum Gasteiger partial charge on any atom is 0.416 e. The van der Waals surface area contributed by atoms with Gasteiger partial charge in [-0.05, 0) is 42.5 Å². The fourth-order valence-corrected chi connectivity index (χ4v) is 2.80. The maximum absolute atomic E-state index is 12.7. The van der Waals surface area contributed by atoms with E-state index in [0.29, 0.717) is 5.92 Å². The van der Waals surface area contributed by atoms with E-state index in [2.05, 4.69) is 5.32 Å². The smallest absolute Gasteiger partial charge is 0.384 e. The normalized spacial score (nSPS) is 24.1. The van der Waals surface area contributed by atoms with Crippen LogP contribution < -0.4 is 5.32 Å². The largest absolute Gasteiger partial charge is 0.416 e. The minimum atomic E-state index is -4.23. The lowest BCUT2D eigenvalue weighted by atomic mass is 9.74. The standard InChI is InChI=1S/C13H14F3N/c14-13(15,16)9-4-5-12-10(6-9)11(7-17-12)8-2-1-3-8/h4-6,8,11,17H,1-3,7H2. The fraction of sp³-hybridized carbons (Fsp3) is 0.538. The van der Waals surface area contributed by atoms with E-state index in [0.717, 1.165) is 36.7 Å². The second-order valence-corrected chi connectivity index (χ2v) is 4.98. The number of hydrogen-bond donors (Lipinski definition) is 1. The molecule has 0 amide bonds. The Morgan fingerprint density at radius 1 is 1.18 bits per heavy atom. The molecule has 1 N–H and O–H groups in total. The molecule has 1 aromatic rings. The first-order valence-corrected chi connectivity index (χ1v) is 6.01. The van der Waals surface area contributed by atoms with Crippen LogP contribution in [0.3, 0.4) is 0 Å². The molecule has 0 bridgehead atoms. The quantitative estimate of drug-likeness (QED) is 0.783. The Balaban J connectivity index is 1.95. The molecule has 1 aliphatic carbocycles. The van der Waals surface area contributed by atoms with E-state index in [1.54, 1.807) is 6.07 Å². The number of fused-ring (bicyclic) bond motifs is 1. The average Bonchev–Trinajstić information content (AvgIpc) is 2.57. The molecule has 17 heavy (non-hydrogen) atoms. The zero-order chi connectivity index (χ0) is 12.0. The summed E-state index contributed by atoms with van der Waals surface area (Å²) in [5.74, 6) is 0.855. The van der Waals surface area contributed by atoms with Crippen molar-refractivity contribution in [2.75, 3.05) is 11.9 Å². The second kappa shape index (κ2) is 3.65. The van der Waals surface area contributed by atoms with Crippen LogP contribution in [-0.2, 0) is 6.18 Å². The first kappa shape index (κ1) is 10.9. The first-order chi connectivity index (χ1) is 8.05. The summed E-state index contributed by atoms with van der Waals surface area (Å²) >= 11 is 0. The van der Waals surface area contributed by atoms with Gasteiger partial charge in [0, 0.05) is 18.2 Å². The number of nitrogens with one attached hydrogen (secondary N) is 1. The lowest BCUT2D eigenvalue weighted by Crippen LogP contribution is -2.21. The molecular weight excluding hydrogens is 227 g/mol. The molecule has 0 saturated heterocycles. The molecule has 3 rings (SSSR count). The number of alkyl halides is 3. The van der Waals surface area contributed by atoms with Crippen LogP contribution >= 0.6 is 0 Å². The van der Waals surface area contributed by atoms with Crippen LogP contribution in [0, 0.1) is 5.92 Å². The lowest BCUT2D eigenvalue weighted by molar-refractivity contribution is -0.137. The van der Waals surface area contributed by atoms with Gasteiger partial charge in [0.25, 0.3) is 0 Å². The third kappa shape index (κ3) is 1.79. The van der Waals surface area contributed by atoms with E-state index in [9.17, 15) is 13.2 Å². The Hall–Kier alpha value is -1.19. The molecule has 1 atom stereocenters. The molecule has 1 aliphatic heterocycles. The minimum absolute atomic E-state index is 0.279. The number of hydrogen-bond acceptors (Lipinski definition) is 1. The molecule has 0 aromatic heterocycles. The van der Waals surface area contributed by atoms with Crippen molar-refractivity contribution in [3.05, 3.63) is 29.3 Å². The van der Waals surface area contributed by atoms with Crippen molar-refractivity contribution in [1.82, 2.24) is 0 Å². The lowest BCUT2D eigenvalue weighted by Gasteiger charge is -2.31. The van der Waals surface area contributed by atoms with Gasteiger partial charge in [0.15, 0.2) is 0 Å². The zero-order valence-electron chi connectivity index (χ0n) is 9.35. The van der Waals surface area contributed by atoms with E-state index in [1.807, 2.05) is 0 Å². The van der Waals surface area contributed by atoms with E-state index < -0.39 is 11.7 Å². The number of benzene rings is 1. The zero-order valence-corrected chi connectivity index (χ0v) is 9.35. The van der Waals surface area contributed by atoms with Crippen LogP contribution in [0.25, 0.3) is 0 Å². The molecule has 2 aliphatic rings. The highest BCUT2D eigenvalue weighted by atomic mass is 19.4. The molecule has 0 spiro atoms. The van der Waals surface area contributed by atoms with Crippen molar-refractivity contribution in [2.45, 2.75) is 31.4 Å². The second-order valence-electron chi connectivity index (χ2n) is 4.98. The summed E-state index contributed by atoms with van der Waals surface area (Å²) in [6.45, 7) is 0.793. The maximum atomic E-state index is 12.7. The van der Waals surface area contributed by atoms with Crippen molar-refractivity contribution in [2.24, 2.45) is 5.92 Å². The average molecular weight is 241 g/mol. The fourth-order valence-electron chi connectivity index (χ4n) is 2.80. The van der Waals surface area contributed by atoms with Crippen molar-refractivity contribution in [1.29, 1.82) is 0 Å². The van der Waals surface area contributed by atoms with Crippen LogP contribution in [0.2, 0.25) is 0 Å². The van der Waals surface area contributed by atoms with Crippen LogP contribution in [-0.4, -0.2) is 6.54 Å². The van der Waals surface area contributed by atoms with Gasteiger partial charge in [0.1, 0.15) is 0 Å². The predicted molar refractivity (Wildman–Crippen MR) is 60.0 cm³/mol. The van der Waals surface area contributed by atoms with Crippen LogP contribution in [0.1, 0.15) is 36.3 Å². The molecule has 1 unspecified atom stereocenters. The monoisotopic (exact) mass is 241 g/mol. The van der Waals surface area contributed by atoms with E-state index in [4.69, 9.17) is 0 Å². The predicted octanol–water partition coefficient (Wildman–Crippen LogP) is 4.01. The van der Waals surface area contributed by atoms with Crippen LogP contribution in [0.4, 0.5) is 18.9 Å². The van der Waals surface area contributed by atoms with Gasteiger partial charge in [0.2, 0.25) is 0 Å². The molecular formula is C13H14F3N. The number of anilines is 1. The Kier molecular flexibility index (Phi) is 2.35. The van der Waals surface area contributed by atoms with Gasteiger partial charge in [-0.3, -0.25) is 0 Å². The van der Waals surface area contributed by atoms with Crippen LogP contribution in [0.15, 0.2) is 18.2 Å². The van der Waals surface area contributed by atoms with Gasteiger partial charge in [-0.2, -0.15) is 13.2 Å². The third-order valence-corrected chi connectivity index (χ3v) is 4.01. The molecule has 1 saturated carbocycles. The molecule has 92 valence electrons. The molecule has 1 nitrogen and oxygen atoms in total. The molecule has 0 radical (unpaired) electrons. The molecule has 1 heterocycles. The highest BCUT2D eigenvalue weighted by Crippen LogP contribution is 2.46. The summed E-state index contributed by atoms with van der Waals surface area (Å²) in [4.78, 5) is 0. The summed E-state index contributed by atoms with van der Waals surface area (Å²) in [6, 6.07) is 4.06. The Morgan fingerprint density at radius 2 is 1.94 bits per heavy atom. The minimum Gasteiger partial charge on any atom is -0.384 e. The summed E-state index contributed by atoms with van der Waals surface area (Å²) in [5.41, 5.74) is 1.23. The Morgan fingerprint density at radius 3 is 2.53 bits per heavy atom. The van der Waals surface area contributed by atoms with Gasteiger partial charge in [-0.15, -0.1) is 0 Å². The summed E-state index contributed by atoms with van der Waals surface area (Å²) in [6.07, 6.45) is -0.707. The van der Waals surface area contributed by atoms with Crippen LogP contribution in [0.5, 0.6) is 0 Å². The van der Waals surface area contributed by atoms with Gasteiger partial charge in [-0.1, -0.05) is 6.42 Å². The van der Waals surface area contributed by atoms with Gasteiger partial charge in [-0.25, -0.2) is 0 Å². The number of rotatable bonds is 1. The Bertz CT molecular complexity index is 435. The molecule has 1 aromatic carbocycles. The molecule has 4 heteroatoms. The highest BCUT2D eigenvalue weighted by molar-refractivity contribution is 5.59. The molecule has 1 fully saturated rings. The van der Waals surface area contributed by atoms with Crippen molar-refractivity contribution in [3.63, 3.8) is 0 Å².